The molecule has 0 radical (unpaired) electrons. The highest BCUT2D eigenvalue weighted by Gasteiger charge is 2.31. The van der Waals surface area contributed by atoms with Crippen LogP contribution in [0.15, 0.2) is 47.3 Å². The van der Waals surface area contributed by atoms with Crippen LogP contribution in [0.4, 0.5) is 13.2 Å². The summed E-state index contributed by atoms with van der Waals surface area (Å²) in [6, 6.07) is 5.32. The lowest BCUT2D eigenvalue weighted by molar-refractivity contribution is -0.137. The van der Waals surface area contributed by atoms with Gasteiger partial charge < -0.3 is 14.8 Å². The van der Waals surface area contributed by atoms with Crippen molar-refractivity contribution in [2.24, 2.45) is 0 Å². The summed E-state index contributed by atoms with van der Waals surface area (Å²) in [6.07, 6.45) is -2.04. The largest absolute Gasteiger partial charge is 0.467 e. The zero-order valence-electron chi connectivity index (χ0n) is 15.6. The average Bonchev–Trinajstić information content (AvgIpc) is 3.35. The monoisotopic (exact) mass is 408 g/mol. The second-order valence-electron chi connectivity index (χ2n) is 6.65. The van der Waals surface area contributed by atoms with Crippen LogP contribution in [0.25, 0.3) is 5.82 Å². The normalized spacial score (nSPS) is 12.9. The van der Waals surface area contributed by atoms with E-state index in [-0.39, 0.29) is 23.8 Å². The molecule has 1 amide bonds. The molecule has 0 aliphatic rings. The first kappa shape index (κ1) is 20.6. The van der Waals surface area contributed by atoms with Crippen LogP contribution in [0, 0.1) is 0 Å². The Bertz CT molecular complexity index is 964. The van der Waals surface area contributed by atoms with Crippen molar-refractivity contribution >= 4 is 5.91 Å². The van der Waals surface area contributed by atoms with E-state index in [9.17, 15) is 23.1 Å². The molecule has 0 saturated heterocycles. The highest BCUT2D eigenvalue weighted by atomic mass is 19.4. The first-order chi connectivity index (χ1) is 13.7. The summed E-state index contributed by atoms with van der Waals surface area (Å²) in [5.74, 6) is -0.162. The van der Waals surface area contributed by atoms with Crippen molar-refractivity contribution in [2.45, 2.75) is 32.0 Å². The van der Waals surface area contributed by atoms with Crippen molar-refractivity contribution in [2.75, 3.05) is 6.54 Å². The first-order valence-corrected chi connectivity index (χ1v) is 8.79. The fraction of sp³-hybridized carbons (Fsp3) is 0.316. The number of nitrogens with one attached hydrogen (secondary N) is 1. The average molecular weight is 408 g/mol. The zero-order chi connectivity index (χ0) is 21.2. The second-order valence-corrected chi connectivity index (χ2v) is 6.65. The molecule has 0 aliphatic carbocycles. The van der Waals surface area contributed by atoms with E-state index in [1.807, 2.05) is 13.8 Å². The Morgan fingerprint density at radius 1 is 1.28 bits per heavy atom. The van der Waals surface area contributed by atoms with Gasteiger partial charge in [0.15, 0.2) is 5.82 Å². The molecular formula is C19H19F3N4O3. The van der Waals surface area contributed by atoms with E-state index in [1.54, 1.807) is 12.1 Å². The molecule has 3 aromatic rings. The maximum atomic E-state index is 12.7. The van der Waals surface area contributed by atoms with Crippen molar-refractivity contribution in [1.82, 2.24) is 20.1 Å². The zero-order valence-corrected chi connectivity index (χ0v) is 15.6. The van der Waals surface area contributed by atoms with Gasteiger partial charge in [-0.1, -0.05) is 13.8 Å². The maximum absolute atomic E-state index is 12.7. The molecule has 0 aliphatic heterocycles. The highest BCUT2D eigenvalue weighted by Crippen LogP contribution is 2.29. The summed E-state index contributed by atoms with van der Waals surface area (Å²) in [5, 5.41) is 16.8. The van der Waals surface area contributed by atoms with Crippen molar-refractivity contribution in [3.05, 3.63) is 65.5 Å². The van der Waals surface area contributed by atoms with E-state index in [1.165, 1.54) is 23.2 Å². The number of carbonyl (C=O) groups excluding carboxylic acids is 1. The molecule has 3 rings (SSSR count). The molecule has 3 aromatic heterocycles. The highest BCUT2D eigenvalue weighted by molar-refractivity contribution is 5.95. The number of hydrogen-bond donors (Lipinski definition) is 2. The number of carbonyl (C=O) groups is 1. The third-order valence-corrected chi connectivity index (χ3v) is 4.22. The molecule has 3 heterocycles. The minimum atomic E-state index is -4.49. The van der Waals surface area contributed by atoms with Crippen LogP contribution in [-0.2, 0) is 6.18 Å². The third kappa shape index (κ3) is 4.48. The standard InChI is InChI=1S/C19H19F3N4O3/c1-11(2)17-13(18(28)24-10-14(27)15-4-3-7-29-15)9-25-26(17)16-6-5-12(8-23-16)19(20,21)22/h3-9,11,14,27H,10H2,1-2H3,(H,24,28). The van der Waals surface area contributed by atoms with Gasteiger partial charge in [-0.2, -0.15) is 18.3 Å². The van der Waals surface area contributed by atoms with Crippen LogP contribution in [0.3, 0.4) is 0 Å². The SMILES string of the molecule is CC(C)c1c(C(=O)NCC(O)c2ccco2)cnn1-c1ccc(C(F)(F)F)cn1. The number of alkyl halides is 3. The molecule has 0 spiro atoms. The van der Waals surface area contributed by atoms with Crippen LogP contribution >= 0.6 is 0 Å². The van der Waals surface area contributed by atoms with Crippen LogP contribution in [-0.4, -0.2) is 32.3 Å². The van der Waals surface area contributed by atoms with Crippen LogP contribution in [0.1, 0.15) is 53.2 Å². The van der Waals surface area contributed by atoms with E-state index >= 15 is 0 Å². The van der Waals surface area contributed by atoms with Crippen LogP contribution in [0.2, 0.25) is 0 Å². The summed E-state index contributed by atoms with van der Waals surface area (Å²) < 4.78 is 44.7. The van der Waals surface area contributed by atoms with Crippen molar-refractivity contribution in [3.63, 3.8) is 0 Å². The summed E-state index contributed by atoms with van der Waals surface area (Å²) in [6.45, 7) is 3.58. The number of aliphatic hydroxyl groups excluding tert-OH is 1. The van der Waals surface area contributed by atoms with Crippen molar-refractivity contribution in [1.29, 1.82) is 0 Å². The van der Waals surface area contributed by atoms with Gasteiger partial charge in [0.05, 0.1) is 35.8 Å². The molecule has 29 heavy (non-hydrogen) atoms. The maximum Gasteiger partial charge on any atom is 0.417 e. The molecule has 0 bridgehead atoms. The fourth-order valence-electron chi connectivity index (χ4n) is 2.82. The van der Waals surface area contributed by atoms with Crippen molar-refractivity contribution < 1.29 is 27.5 Å². The van der Waals surface area contributed by atoms with Gasteiger partial charge in [-0.25, -0.2) is 9.67 Å². The van der Waals surface area contributed by atoms with Gasteiger partial charge >= 0.3 is 6.18 Å². The summed E-state index contributed by atoms with van der Waals surface area (Å²) in [4.78, 5) is 16.4. The number of nitrogens with zero attached hydrogens (tertiary/aromatic N) is 3. The summed E-state index contributed by atoms with van der Waals surface area (Å²) >= 11 is 0. The molecule has 154 valence electrons. The number of amides is 1. The van der Waals surface area contributed by atoms with Gasteiger partial charge in [-0.3, -0.25) is 4.79 Å². The van der Waals surface area contributed by atoms with Gasteiger partial charge in [0.1, 0.15) is 11.9 Å². The quantitative estimate of drug-likeness (QED) is 0.652. The molecule has 0 aromatic carbocycles. The number of aliphatic hydroxyl groups is 1. The lowest BCUT2D eigenvalue weighted by Gasteiger charge is -2.14. The van der Waals surface area contributed by atoms with E-state index in [0.717, 1.165) is 12.3 Å². The number of halogens is 3. The smallest absolute Gasteiger partial charge is 0.417 e. The molecule has 1 atom stereocenters. The Hall–Kier alpha value is -3.14. The van der Waals surface area contributed by atoms with Crippen molar-refractivity contribution in [3.8, 4) is 5.82 Å². The Kier molecular flexibility index (Phi) is 5.73. The number of pyridine rings is 1. The molecule has 1 unspecified atom stereocenters. The van der Waals surface area contributed by atoms with E-state index in [0.29, 0.717) is 11.5 Å². The molecular weight excluding hydrogens is 389 g/mol. The van der Waals surface area contributed by atoms with Gasteiger partial charge in [-0.15, -0.1) is 0 Å². The molecule has 7 nitrogen and oxygen atoms in total. The number of furan rings is 1. The van der Waals surface area contributed by atoms with Gasteiger partial charge in [0.25, 0.3) is 5.91 Å². The molecule has 0 saturated carbocycles. The van der Waals surface area contributed by atoms with Gasteiger partial charge in [0, 0.05) is 6.20 Å². The Morgan fingerprint density at radius 3 is 2.59 bits per heavy atom. The minimum Gasteiger partial charge on any atom is -0.467 e. The van der Waals surface area contributed by atoms with Gasteiger partial charge in [-0.05, 0) is 30.2 Å². The predicted octanol–water partition coefficient (Wildman–Crippen LogP) is 3.47. The van der Waals surface area contributed by atoms with E-state index in [2.05, 4.69) is 15.4 Å². The number of hydrogen-bond acceptors (Lipinski definition) is 5. The Labute approximate surface area is 164 Å². The van der Waals surface area contributed by atoms with Gasteiger partial charge in [0.2, 0.25) is 0 Å². The minimum absolute atomic E-state index is 0.0758. The summed E-state index contributed by atoms with van der Waals surface area (Å²) in [7, 11) is 0. The number of rotatable bonds is 6. The predicted molar refractivity (Wildman–Crippen MR) is 96.5 cm³/mol. The van der Waals surface area contributed by atoms with E-state index < -0.39 is 23.8 Å². The Balaban J connectivity index is 1.82. The number of aromatic nitrogens is 3. The topological polar surface area (TPSA) is 93.2 Å². The fourth-order valence-corrected chi connectivity index (χ4v) is 2.82. The third-order valence-electron chi connectivity index (χ3n) is 4.22. The second kappa shape index (κ2) is 8.08. The van der Waals surface area contributed by atoms with E-state index in [4.69, 9.17) is 4.42 Å². The molecule has 0 fully saturated rings. The molecule has 10 heteroatoms. The lowest BCUT2D eigenvalue weighted by atomic mass is 10.1. The lowest BCUT2D eigenvalue weighted by Crippen LogP contribution is -2.29. The molecule has 2 N–H and O–H groups in total. The van der Waals surface area contributed by atoms with Crippen LogP contribution in [0.5, 0.6) is 0 Å². The van der Waals surface area contributed by atoms with Crippen LogP contribution < -0.4 is 5.32 Å². The Morgan fingerprint density at radius 2 is 2.03 bits per heavy atom. The first-order valence-electron chi connectivity index (χ1n) is 8.79. The summed E-state index contributed by atoms with van der Waals surface area (Å²) in [5.41, 5.74) is -0.139.